The van der Waals surface area contributed by atoms with Crippen molar-refractivity contribution in [2.24, 2.45) is 0 Å². The van der Waals surface area contributed by atoms with Crippen molar-refractivity contribution in [1.29, 1.82) is 0 Å². The maximum atomic E-state index is 11.5. The molecule has 0 bridgehead atoms. The number of rotatable bonds is 4. The van der Waals surface area contributed by atoms with E-state index in [1.807, 2.05) is 19.1 Å². The fourth-order valence-electron chi connectivity index (χ4n) is 2.80. The predicted molar refractivity (Wildman–Crippen MR) is 92.2 cm³/mol. The third-order valence-electron chi connectivity index (χ3n) is 4.09. The Labute approximate surface area is 142 Å². The molecule has 0 N–H and O–H groups in total. The van der Waals surface area contributed by atoms with Crippen molar-refractivity contribution >= 4 is 15.5 Å². The average molecular weight is 347 g/mol. The van der Waals surface area contributed by atoms with Crippen LogP contribution in [0.5, 0.6) is 5.88 Å². The highest BCUT2D eigenvalue weighted by molar-refractivity contribution is 7.90. The second-order valence-electron chi connectivity index (χ2n) is 6.07. The first-order valence-electron chi connectivity index (χ1n) is 7.92. The predicted octanol–water partition coefficient (Wildman–Crippen LogP) is 2.24. The van der Waals surface area contributed by atoms with E-state index in [2.05, 4.69) is 14.9 Å². The standard InChI is InChI=1S/C17H21N3O3S/c1-13-11-18-12-17(19-13)23-15-7-9-20(10-8-15)14-3-5-16(6-4-14)24(2,21)22/h3-6,11-12,15H,7-10H2,1-2H3. The van der Waals surface area contributed by atoms with Gasteiger partial charge in [0, 0.05) is 44.1 Å². The summed E-state index contributed by atoms with van der Waals surface area (Å²) in [5, 5.41) is 0. The first kappa shape index (κ1) is 16.7. The van der Waals surface area contributed by atoms with Crippen LogP contribution in [0.4, 0.5) is 5.69 Å². The topological polar surface area (TPSA) is 72.4 Å². The molecule has 0 radical (unpaired) electrons. The minimum Gasteiger partial charge on any atom is -0.473 e. The second-order valence-corrected chi connectivity index (χ2v) is 8.08. The summed E-state index contributed by atoms with van der Waals surface area (Å²) in [5.41, 5.74) is 1.88. The Kier molecular flexibility index (Phi) is 4.71. The van der Waals surface area contributed by atoms with Gasteiger partial charge in [0.1, 0.15) is 6.10 Å². The Hall–Kier alpha value is -2.15. The van der Waals surface area contributed by atoms with Gasteiger partial charge in [0.2, 0.25) is 5.88 Å². The molecule has 0 spiro atoms. The number of aryl methyl sites for hydroxylation is 1. The number of aromatic nitrogens is 2. The summed E-state index contributed by atoms with van der Waals surface area (Å²) in [6.07, 6.45) is 6.48. The molecular formula is C17H21N3O3S. The Bertz CT molecular complexity index is 798. The van der Waals surface area contributed by atoms with Crippen LogP contribution in [0.1, 0.15) is 18.5 Å². The van der Waals surface area contributed by atoms with Crippen molar-refractivity contribution in [3.63, 3.8) is 0 Å². The molecule has 6 nitrogen and oxygen atoms in total. The van der Waals surface area contributed by atoms with E-state index < -0.39 is 9.84 Å². The molecule has 1 aliphatic rings. The molecule has 0 amide bonds. The summed E-state index contributed by atoms with van der Waals surface area (Å²) < 4.78 is 28.9. The molecule has 128 valence electrons. The highest BCUT2D eigenvalue weighted by atomic mass is 32.2. The zero-order valence-corrected chi connectivity index (χ0v) is 14.7. The van der Waals surface area contributed by atoms with Crippen LogP contribution < -0.4 is 9.64 Å². The van der Waals surface area contributed by atoms with Gasteiger partial charge in [0.05, 0.1) is 16.8 Å². The molecule has 7 heteroatoms. The number of sulfone groups is 1. The fourth-order valence-corrected chi connectivity index (χ4v) is 3.43. The average Bonchev–Trinajstić information content (AvgIpc) is 2.55. The largest absolute Gasteiger partial charge is 0.473 e. The molecular weight excluding hydrogens is 326 g/mol. The Morgan fingerprint density at radius 1 is 1.12 bits per heavy atom. The van der Waals surface area contributed by atoms with E-state index in [1.54, 1.807) is 24.5 Å². The summed E-state index contributed by atoms with van der Waals surface area (Å²) in [6, 6.07) is 7.05. The third-order valence-corrected chi connectivity index (χ3v) is 5.22. The summed E-state index contributed by atoms with van der Waals surface area (Å²) in [7, 11) is -3.15. The second kappa shape index (κ2) is 6.76. The number of ether oxygens (including phenoxy) is 1. The molecule has 1 aromatic heterocycles. The minimum atomic E-state index is -3.15. The van der Waals surface area contributed by atoms with Crippen LogP contribution in [0.25, 0.3) is 0 Å². The van der Waals surface area contributed by atoms with Crippen molar-refractivity contribution in [2.45, 2.75) is 30.8 Å². The normalized spacial score (nSPS) is 16.2. The lowest BCUT2D eigenvalue weighted by atomic mass is 10.1. The van der Waals surface area contributed by atoms with E-state index in [0.29, 0.717) is 10.8 Å². The maximum Gasteiger partial charge on any atom is 0.232 e. The smallest absolute Gasteiger partial charge is 0.232 e. The Balaban J connectivity index is 1.59. The minimum absolute atomic E-state index is 0.132. The molecule has 1 saturated heterocycles. The molecule has 0 aliphatic carbocycles. The van der Waals surface area contributed by atoms with Gasteiger partial charge in [0.25, 0.3) is 0 Å². The number of anilines is 1. The van der Waals surface area contributed by atoms with Crippen LogP contribution >= 0.6 is 0 Å². The number of piperidine rings is 1. The fraction of sp³-hybridized carbons (Fsp3) is 0.412. The molecule has 1 fully saturated rings. The first-order valence-corrected chi connectivity index (χ1v) is 9.81. The first-order chi connectivity index (χ1) is 11.4. The molecule has 0 saturated carbocycles. The van der Waals surface area contributed by atoms with Gasteiger partial charge in [-0.3, -0.25) is 4.98 Å². The summed E-state index contributed by atoms with van der Waals surface area (Å²) in [6.45, 7) is 3.62. The summed E-state index contributed by atoms with van der Waals surface area (Å²) in [4.78, 5) is 11.0. The van der Waals surface area contributed by atoms with Crippen molar-refractivity contribution in [2.75, 3.05) is 24.2 Å². The van der Waals surface area contributed by atoms with Gasteiger partial charge in [-0.25, -0.2) is 13.4 Å². The highest BCUT2D eigenvalue weighted by Crippen LogP contribution is 2.23. The molecule has 24 heavy (non-hydrogen) atoms. The van der Waals surface area contributed by atoms with Crippen LogP contribution in [0.15, 0.2) is 41.6 Å². The summed E-state index contributed by atoms with van der Waals surface area (Å²) >= 11 is 0. The molecule has 2 aromatic rings. The van der Waals surface area contributed by atoms with E-state index >= 15 is 0 Å². The van der Waals surface area contributed by atoms with Crippen molar-refractivity contribution in [3.05, 3.63) is 42.4 Å². The van der Waals surface area contributed by atoms with Crippen molar-refractivity contribution < 1.29 is 13.2 Å². The number of hydrogen-bond acceptors (Lipinski definition) is 6. The Morgan fingerprint density at radius 2 is 1.79 bits per heavy atom. The quantitative estimate of drug-likeness (QED) is 0.844. The molecule has 1 aromatic carbocycles. The highest BCUT2D eigenvalue weighted by Gasteiger charge is 2.21. The third kappa shape index (κ3) is 4.03. The Morgan fingerprint density at radius 3 is 2.38 bits per heavy atom. The number of hydrogen-bond donors (Lipinski definition) is 0. The summed E-state index contributed by atoms with van der Waals surface area (Å²) in [5.74, 6) is 0.575. The van der Waals surface area contributed by atoms with Crippen LogP contribution in [0, 0.1) is 6.92 Å². The van der Waals surface area contributed by atoms with Gasteiger partial charge in [-0.1, -0.05) is 0 Å². The molecule has 2 heterocycles. The van der Waals surface area contributed by atoms with E-state index in [-0.39, 0.29) is 6.10 Å². The lowest BCUT2D eigenvalue weighted by molar-refractivity contribution is 0.163. The van der Waals surface area contributed by atoms with E-state index in [4.69, 9.17) is 4.74 Å². The van der Waals surface area contributed by atoms with E-state index in [1.165, 1.54) is 6.26 Å². The lowest BCUT2D eigenvalue weighted by Gasteiger charge is -2.33. The van der Waals surface area contributed by atoms with Gasteiger partial charge < -0.3 is 9.64 Å². The number of benzene rings is 1. The van der Waals surface area contributed by atoms with E-state index in [0.717, 1.165) is 37.3 Å². The van der Waals surface area contributed by atoms with Crippen molar-refractivity contribution in [1.82, 2.24) is 9.97 Å². The van der Waals surface area contributed by atoms with Crippen molar-refractivity contribution in [3.8, 4) is 5.88 Å². The van der Waals surface area contributed by atoms with Crippen LogP contribution in [-0.2, 0) is 9.84 Å². The van der Waals surface area contributed by atoms with Crippen LogP contribution in [0.2, 0.25) is 0 Å². The lowest BCUT2D eigenvalue weighted by Crippen LogP contribution is -2.38. The van der Waals surface area contributed by atoms with Gasteiger partial charge in [-0.2, -0.15) is 0 Å². The van der Waals surface area contributed by atoms with Gasteiger partial charge >= 0.3 is 0 Å². The molecule has 0 atom stereocenters. The van der Waals surface area contributed by atoms with Crippen LogP contribution in [0.3, 0.4) is 0 Å². The maximum absolute atomic E-state index is 11.5. The van der Waals surface area contributed by atoms with Gasteiger partial charge in [-0.05, 0) is 31.2 Å². The van der Waals surface area contributed by atoms with E-state index in [9.17, 15) is 8.42 Å². The monoisotopic (exact) mass is 347 g/mol. The van der Waals surface area contributed by atoms with Gasteiger partial charge in [0.15, 0.2) is 9.84 Å². The zero-order chi connectivity index (χ0) is 17.2. The SMILES string of the molecule is Cc1cncc(OC2CCN(c3ccc(S(C)(=O)=O)cc3)CC2)n1. The molecule has 1 aliphatic heterocycles. The molecule has 0 unspecified atom stereocenters. The van der Waals surface area contributed by atoms with Gasteiger partial charge in [-0.15, -0.1) is 0 Å². The zero-order valence-electron chi connectivity index (χ0n) is 13.8. The van der Waals surface area contributed by atoms with Crippen LogP contribution in [-0.4, -0.2) is 43.8 Å². The molecule has 3 rings (SSSR count). The number of nitrogens with zero attached hydrogens (tertiary/aromatic N) is 3.